The van der Waals surface area contributed by atoms with Crippen molar-refractivity contribution in [2.45, 2.75) is 31.9 Å². The van der Waals surface area contributed by atoms with Gasteiger partial charge >= 0.3 is 0 Å². The predicted molar refractivity (Wildman–Crippen MR) is 38.7 cm³/mol. The van der Waals surface area contributed by atoms with E-state index in [1.807, 2.05) is 0 Å². The molecule has 0 unspecified atom stereocenters. The van der Waals surface area contributed by atoms with Crippen LogP contribution < -0.4 is 0 Å². The van der Waals surface area contributed by atoms with E-state index in [0.29, 0.717) is 0 Å². The standard InChI is InChI=1S/C6H13NSi/c1-2-5-8-6-3-4-7/h2-3,5-6,8H2,1H3. The molecule has 0 radical (unpaired) electrons. The molecule has 0 saturated heterocycles. The van der Waals surface area contributed by atoms with Gasteiger partial charge in [-0.1, -0.05) is 19.4 Å². The van der Waals surface area contributed by atoms with Gasteiger partial charge in [-0.25, -0.2) is 0 Å². The fourth-order valence-corrected chi connectivity index (χ4v) is 1.89. The van der Waals surface area contributed by atoms with E-state index in [1.54, 1.807) is 0 Å². The summed E-state index contributed by atoms with van der Waals surface area (Å²) >= 11 is 0. The smallest absolute Gasteiger partial charge is 0.0618 e. The quantitative estimate of drug-likeness (QED) is 0.413. The third-order valence-corrected chi connectivity index (χ3v) is 3.20. The molecule has 0 fully saturated rings. The molecule has 0 aromatic heterocycles. The molecule has 0 atom stereocenters. The van der Waals surface area contributed by atoms with Crippen molar-refractivity contribution in [3.05, 3.63) is 0 Å². The Balaban J connectivity index is 2.65. The largest absolute Gasteiger partial charge is 0.198 e. The number of hydrogen-bond donors (Lipinski definition) is 0. The molecule has 0 N–H and O–H groups in total. The zero-order valence-electron chi connectivity index (χ0n) is 5.48. The first kappa shape index (κ1) is 7.71. The van der Waals surface area contributed by atoms with E-state index >= 15 is 0 Å². The van der Waals surface area contributed by atoms with Gasteiger partial charge in [-0.3, -0.25) is 0 Å². The lowest BCUT2D eigenvalue weighted by atomic mass is 10.6. The van der Waals surface area contributed by atoms with Gasteiger partial charge in [0.1, 0.15) is 0 Å². The van der Waals surface area contributed by atoms with E-state index in [-0.39, 0.29) is 9.52 Å². The van der Waals surface area contributed by atoms with Gasteiger partial charge in [0.25, 0.3) is 0 Å². The summed E-state index contributed by atoms with van der Waals surface area (Å²) in [4.78, 5) is 0. The highest BCUT2D eigenvalue weighted by Crippen LogP contribution is 1.92. The molecule has 1 nitrogen and oxygen atoms in total. The lowest BCUT2D eigenvalue weighted by Gasteiger charge is -1.88. The summed E-state index contributed by atoms with van der Waals surface area (Å²) in [5, 5.41) is 8.14. The summed E-state index contributed by atoms with van der Waals surface area (Å²) in [7, 11) is 0.178. The Kier molecular flexibility index (Phi) is 6.46. The van der Waals surface area contributed by atoms with Crippen molar-refractivity contribution >= 4 is 9.52 Å². The van der Waals surface area contributed by atoms with Crippen LogP contribution in [0.25, 0.3) is 0 Å². The second kappa shape index (κ2) is 6.71. The van der Waals surface area contributed by atoms with Crippen molar-refractivity contribution in [3.8, 4) is 6.07 Å². The van der Waals surface area contributed by atoms with Crippen LogP contribution in [0.1, 0.15) is 19.8 Å². The first-order valence-corrected chi connectivity index (χ1v) is 5.28. The zero-order valence-corrected chi connectivity index (χ0v) is 6.90. The van der Waals surface area contributed by atoms with Crippen molar-refractivity contribution in [2.75, 3.05) is 0 Å². The average molecular weight is 127 g/mol. The van der Waals surface area contributed by atoms with E-state index in [2.05, 4.69) is 13.0 Å². The van der Waals surface area contributed by atoms with Crippen LogP contribution in [0.3, 0.4) is 0 Å². The summed E-state index contributed by atoms with van der Waals surface area (Å²) in [6.45, 7) is 2.21. The summed E-state index contributed by atoms with van der Waals surface area (Å²) in [5.41, 5.74) is 0. The van der Waals surface area contributed by atoms with Gasteiger partial charge in [0.2, 0.25) is 0 Å². The fraction of sp³-hybridized carbons (Fsp3) is 0.833. The maximum absolute atomic E-state index is 8.14. The van der Waals surface area contributed by atoms with Crippen LogP contribution in [-0.4, -0.2) is 9.52 Å². The summed E-state index contributed by atoms with van der Waals surface area (Å²) in [6, 6.07) is 4.81. The van der Waals surface area contributed by atoms with Crippen molar-refractivity contribution in [1.82, 2.24) is 0 Å². The molecule has 0 rings (SSSR count). The van der Waals surface area contributed by atoms with Gasteiger partial charge in [0.05, 0.1) is 6.07 Å². The topological polar surface area (TPSA) is 23.8 Å². The predicted octanol–water partition coefficient (Wildman–Crippen LogP) is 1.32. The van der Waals surface area contributed by atoms with Crippen molar-refractivity contribution < 1.29 is 0 Å². The van der Waals surface area contributed by atoms with E-state index in [1.165, 1.54) is 18.5 Å². The minimum Gasteiger partial charge on any atom is -0.198 e. The van der Waals surface area contributed by atoms with Crippen LogP contribution in [0, 0.1) is 11.3 Å². The lowest BCUT2D eigenvalue weighted by molar-refractivity contribution is 1.06. The minimum absolute atomic E-state index is 0.178. The normalized spacial score (nSPS) is 10.0. The third-order valence-electron chi connectivity index (χ3n) is 1.14. The molecule has 46 valence electrons. The molecular formula is C6H13NSi. The van der Waals surface area contributed by atoms with Crippen LogP contribution in [-0.2, 0) is 0 Å². The molecule has 0 amide bonds. The Morgan fingerprint density at radius 1 is 1.50 bits per heavy atom. The molecule has 0 saturated carbocycles. The minimum atomic E-state index is 0.178. The lowest BCUT2D eigenvalue weighted by Crippen LogP contribution is -1.85. The molecule has 0 aromatic carbocycles. The van der Waals surface area contributed by atoms with Gasteiger partial charge in [0.15, 0.2) is 0 Å². The molecular weight excluding hydrogens is 114 g/mol. The Labute approximate surface area is 53.5 Å². The van der Waals surface area contributed by atoms with Gasteiger partial charge in [-0.15, -0.1) is 0 Å². The molecule has 0 heterocycles. The summed E-state index contributed by atoms with van der Waals surface area (Å²) < 4.78 is 0. The van der Waals surface area contributed by atoms with Crippen molar-refractivity contribution in [3.63, 3.8) is 0 Å². The maximum Gasteiger partial charge on any atom is 0.0618 e. The SMILES string of the molecule is CCC[SiH2]CCC#N. The highest BCUT2D eigenvalue weighted by atomic mass is 28.2. The van der Waals surface area contributed by atoms with Gasteiger partial charge in [0, 0.05) is 15.9 Å². The average Bonchev–Trinajstić information content (AvgIpc) is 1.81. The second-order valence-electron chi connectivity index (χ2n) is 1.97. The highest BCUT2D eigenvalue weighted by molar-refractivity contribution is 6.35. The molecule has 0 spiro atoms. The molecule has 0 bridgehead atoms. The Morgan fingerprint density at radius 2 is 2.25 bits per heavy atom. The highest BCUT2D eigenvalue weighted by Gasteiger charge is 1.84. The number of nitrogens with zero attached hydrogens (tertiary/aromatic N) is 1. The fourth-order valence-electron chi connectivity index (χ4n) is 0.631. The zero-order chi connectivity index (χ0) is 6.24. The van der Waals surface area contributed by atoms with Gasteiger partial charge in [-0.2, -0.15) is 5.26 Å². The van der Waals surface area contributed by atoms with Gasteiger partial charge < -0.3 is 0 Å². The third kappa shape index (κ3) is 5.71. The second-order valence-corrected chi connectivity index (χ2v) is 4.09. The van der Waals surface area contributed by atoms with Crippen LogP contribution in [0.4, 0.5) is 0 Å². The monoisotopic (exact) mass is 127 g/mol. The van der Waals surface area contributed by atoms with E-state index in [4.69, 9.17) is 5.26 Å². The molecule has 2 heteroatoms. The first-order chi connectivity index (χ1) is 3.91. The molecule has 0 aliphatic carbocycles. The molecule has 0 aliphatic heterocycles. The Bertz CT molecular complexity index is 75.1. The molecule has 0 aromatic rings. The van der Waals surface area contributed by atoms with Gasteiger partial charge in [-0.05, 0) is 6.04 Å². The Hall–Kier alpha value is -0.293. The van der Waals surface area contributed by atoms with E-state index in [9.17, 15) is 0 Å². The number of rotatable bonds is 4. The number of nitriles is 1. The van der Waals surface area contributed by atoms with Crippen LogP contribution in [0.5, 0.6) is 0 Å². The first-order valence-electron chi connectivity index (χ1n) is 3.28. The maximum atomic E-state index is 8.14. The van der Waals surface area contributed by atoms with E-state index in [0.717, 1.165) is 6.42 Å². The van der Waals surface area contributed by atoms with Crippen LogP contribution in [0.15, 0.2) is 0 Å². The van der Waals surface area contributed by atoms with Crippen LogP contribution >= 0.6 is 0 Å². The summed E-state index contributed by atoms with van der Waals surface area (Å²) in [5.74, 6) is 0. The summed E-state index contributed by atoms with van der Waals surface area (Å²) in [6.07, 6.45) is 2.11. The van der Waals surface area contributed by atoms with Crippen molar-refractivity contribution in [1.29, 1.82) is 5.26 Å². The van der Waals surface area contributed by atoms with Crippen LogP contribution in [0.2, 0.25) is 12.1 Å². The Morgan fingerprint density at radius 3 is 2.75 bits per heavy atom. The van der Waals surface area contributed by atoms with Crippen molar-refractivity contribution in [2.24, 2.45) is 0 Å². The van der Waals surface area contributed by atoms with E-state index < -0.39 is 0 Å². The molecule has 0 aliphatic rings. The number of hydrogen-bond acceptors (Lipinski definition) is 1. The molecule has 8 heavy (non-hydrogen) atoms.